The smallest absolute Gasteiger partial charge is 0.414 e. The van der Waals surface area contributed by atoms with Crippen molar-refractivity contribution in [1.82, 2.24) is 4.90 Å². The van der Waals surface area contributed by atoms with Crippen molar-refractivity contribution in [3.63, 3.8) is 0 Å². The Labute approximate surface area is 173 Å². The molecule has 0 bridgehead atoms. The number of cyclic esters (lactones) is 1. The summed E-state index contributed by atoms with van der Waals surface area (Å²) in [6.07, 6.45) is 1.16. The molecule has 8 heteroatoms. The topological polar surface area (TPSA) is 95.3 Å². The molecule has 30 heavy (non-hydrogen) atoms. The van der Waals surface area contributed by atoms with Crippen molar-refractivity contribution in [3.05, 3.63) is 78.3 Å². The fraction of sp³-hybridized carbons (Fsp3) is 0.182. The number of carbonyl (C=O) groups excluding carboxylic acids is 2. The number of aromatic hydroxyl groups is 1. The predicted octanol–water partition coefficient (Wildman–Crippen LogP) is 4.18. The number of nitrogens with one attached hydrogen (secondary N) is 1. The van der Waals surface area contributed by atoms with Crippen molar-refractivity contribution in [1.29, 1.82) is 0 Å². The first-order valence-electron chi connectivity index (χ1n) is 9.49. The summed E-state index contributed by atoms with van der Waals surface area (Å²) in [7, 11) is 0. The molecule has 3 amide bonds. The molecule has 1 aliphatic rings. The number of hydrogen-bond donors (Lipinski definition) is 2. The molecule has 0 atom stereocenters. The molecule has 0 aliphatic carbocycles. The van der Waals surface area contributed by atoms with Crippen LogP contribution in [0.2, 0.25) is 0 Å². The van der Waals surface area contributed by atoms with Gasteiger partial charge >= 0.3 is 12.1 Å². The SMILES string of the molecule is O=C(Nc1cccc(N2CCOC2=O)c1)N(Cc1ccc(O)cc1)Cc1ccco1. The molecule has 2 aromatic carbocycles. The minimum atomic E-state index is -0.398. The summed E-state index contributed by atoms with van der Waals surface area (Å²) < 4.78 is 10.4. The first-order valence-corrected chi connectivity index (χ1v) is 9.49. The number of hydrogen-bond acceptors (Lipinski definition) is 5. The molecule has 1 fully saturated rings. The van der Waals surface area contributed by atoms with E-state index in [1.807, 2.05) is 0 Å². The predicted molar refractivity (Wildman–Crippen MR) is 110 cm³/mol. The van der Waals surface area contributed by atoms with Crippen LogP contribution in [0.15, 0.2) is 71.3 Å². The van der Waals surface area contributed by atoms with Gasteiger partial charge in [0, 0.05) is 17.9 Å². The fourth-order valence-corrected chi connectivity index (χ4v) is 3.19. The largest absolute Gasteiger partial charge is 0.508 e. The lowest BCUT2D eigenvalue weighted by molar-refractivity contribution is 0.181. The molecule has 3 aromatic rings. The van der Waals surface area contributed by atoms with Crippen LogP contribution in [0, 0.1) is 0 Å². The fourth-order valence-electron chi connectivity index (χ4n) is 3.19. The quantitative estimate of drug-likeness (QED) is 0.639. The number of phenols is 1. The van der Waals surface area contributed by atoms with Crippen LogP contribution in [-0.4, -0.2) is 35.3 Å². The van der Waals surface area contributed by atoms with Gasteiger partial charge in [-0.1, -0.05) is 18.2 Å². The highest BCUT2D eigenvalue weighted by Crippen LogP contribution is 2.23. The van der Waals surface area contributed by atoms with Crippen LogP contribution >= 0.6 is 0 Å². The van der Waals surface area contributed by atoms with Crippen molar-refractivity contribution in [2.24, 2.45) is 0 Å². The van der Waals surface area contributed by atoms with E-state index in [4.69, 9.17) is 9.15 Å². The molecule has 1 aromatic heterocycles. The van der Waals surface area contributed by atoms with Crippen LogP contribution in [0.3, 0.4) is 0 Å². The molecule has 0 saturated carbocycles. The molecule has 1 saturated heterocycles. The molecule has 4 rings (SSSR count). The summed E-state index contributed by atoms with van der Waals surface area (Å²) in [5, 5.41) is 12.4. The molecule has 0 unspecified atom stereocenters. The summed E-state index contributed by atoms with van der Waals surface area (Å²) in [6, 6.07) is 17.0. The van der Waals surface area contributed by atoms with Crippen molar-refractivity contribution in [2.75, 3.05) is 23.4 Å². The maximum atomic E-state index is 13.0. The number of urea groups is 1. The van der Waals surface area contributed by atoms with Crippen LogP contribution in [0.5, 0.6) is 5.75 Å². The van der Waals surface area contributed by atoms with Gasteiger partial charge < -0.3 is 24.5 Å². The van der Waals surface area contributed by atoms with Gasteiger partial charge in [0.15, 0.2) is 0 Å². The van der Waals surface area contributed by atoms with Gasteiger partial charge in [-0.05, 0) is 48.0 Å². The molecule has 2 N–H and O–H groups in total. The Hall–Kier alpha value is -3.94. The number of anilines is 2. The summed E-state index contributed by atoms with van der Waals surface area (Å²) in [5.74, 6) is 0.815. The Kier molecular flexibility index (Phi) is 5.56. The van der Waals surface area contributed by atoms with E-state index in [0.717, 1.165) is 5.56 Å². The summed E-state index contributed by atoms with van der Waals surface area (Å²) >= 11 is 0. The highest BCUT2D eigenvalue weighted by atomic mass is 16.6. The highest BCUT2D eigenvalue weighted by Gasteiger charge is 2.24. The third-order valence-electron chi connectivity index (χ3n) is 4.69. The molecular formula is C22H21N3O5. The van der Waals surface area contributed by atoms with E-state index in [1.54, 1.807) is 71.8 Å². The van der Waals surface area contributed by atoms with Gasteiger partial charge in [-0.25, -0.2) is 9.59 Å². The van der Waals surface area contributed by atoms with E-state index in [9.17, 15) is 14.7 Å². The summed E-state index contributed by atoms with van der Waals surface area (Å²) in [4.78, 5) is 27.9. The maximum absolute atomic E-state index is 13.0. The minimum Gasteiger partial charge on any atom is -0.508 e. The first kappa shape index (κ1) is 19.4. The van der Waals surface area contributed by atoms with Gasteiger partial charge in [-0.15, -0.1) is 0 Å². The van der Waals surface area contributed by atoms with Gasteiger partial charge in [0.05, 0.1) is 19.4 Å². The highest BCUT2D eigenvalue weighted by molar-refractivity contribution is 5.93. The third kappa shape index (κ3) is 4.54. The van der Waals surface area contributed by atoms with Crippen molar-refractivity contribution < 1.29 is 23.8 Å². The number of carbonyl (C=O) groups is 2. The Morgan fingerprint density at radius 1 is 1.10 bits per heavy atom. The molecule has 2 heterocycles. The first-order chi connectivity index (χ1) is 14.6. The zero-order valence-electron chi connectivity index (χ0n) is 16.2. The Balaban J connectivity index is 1.51. The second-order valence-electron chi connectivity index (χ2n) is 6.85. The monoisotopic (exact) mass is 407 g/mol. The zero-order valence-corrected chi connectivity index (χ0v) is 16.2. The van der Waals surface area contributed by atoms with E-state index in [-0.39, 0.29) is 18.3 Å². The lowest BCUT2D eigenvalue weighted by atomic mass is 10.2. The number of rotatable bonds is 6. The Morgan fingerprint density at radius 2 is 1.93 bits per heavy atom. The average Bonchev–Trinajstić information content (AvgIpc) is 3.41. The number of benzene rings is 2. The molecule has 0 radical (unpaired) electrons. The number of furan rings is 1. The van der Waals surface area contributed by atoms with E-state index in [0.29, 0.717) is 36.8 Å². The van der Waals surface area contributed by atoms with E-state index in [2.05, 4.69) is 5.32 Å². The molecule has 154 valence electrons. The van der Waals surface area contributed by atoms with Crippen molar-refractivity contribution >= 4 is 23.5 Å². The van der Waals surface area contributed by atoms with E-state index in [1.165, 1.54) is 4.90 Å². The van der Waals surface area contributed by atoms with Gasteiger partial charge in [0.2, 0.25) is 0 Å². The number of ether oxygens (including phenoxy) is 1. The zero-order chi connectivity index (χ0) is 20.9. The van der Waals surface area contributed by atoms with Crippen molar-refractivity contribution in [2.45, 2.75) is 13.1 Å². The standard InChI is InChI=1S/C22H21N3O5/c26-19-8-6-16(7-9-19)14-24(15-20-5-2-11-29-20)21(27)23-17-3-1-4-18(13-17)25-10-12-30-22(25)28/h1-9,11,13,26H,10,12,14-15H2,(H,23,27). The number of amides is 3. The van der Waals surface area contributed by atoms with E-state index >= 15 is 0 Å². The second kappa shape index (κ2) is 8.60. The van der Waals surface area contributed by atoms with E-state index < -0.39 is 6.09 Å². The van der Waals surface area contributed by atoms with Crippen molar-refractivity contribution in [3.8, 4) is 5.75 Å². The Morgan fingerprint density at radius 3 is 2.63 bits per heavy atom. The summed E-state index contributed by atoms with van der Waals surface area (Å²) in [6.45, 7) is 1.42. The molecular weight excluding hydrogens is 386 g/mol. The maximum Gasteiger partial charge on any atom is 0.414 e. The normalized spacial score (nSPS) is 13.2. The van der Waals surface area contributed by atoms with Gasteiger partial charge in [0.25, 0.3) is 0 Å². The second-order valence-corrected chi connectivity index (χ2v) is 6.85. The average molecular weight is 407 g/mol. The van der Waals surface area contributed by atoms with Gasteiger partial charge in [-0.2, -0.15) is 0 Å². The number of nitrogens with zero attached hydrogens (tertiary/aromatic N) is 2. The van der Waals surface area contributed by atoms with Crippen LogP contribution in [0.1, 0.15) is 11.3 Å². The number of phenolic OH excluding ortho intramolecular Hbond substituents is 1. The van der Waals surface area contributed by atoms with Gasteiger partial charge in [-0.3, -0.25) is 4.90 Å². The van der Waals surface area contributed by atoms with Crippen LogP contribution < -0.4 is 10.2 Å². The molecule has 8 nitrogen and oxygen atoms in total. The summed E-state index contributed by atoms with van der Waals surface area (Å²) in [5.41, 5.74) is 2.09. The molecule has 1 aliphatic heterocycles. The van der Waals surface area contributed by atoms with Crippen LogP contribution in [-0.2, 0) is 17.8 Å². The lowest BCUT2D eigenvalue weighted by Crippen LogP contribution is -2.34. The lowest BCUT2D eigenvalue weighted by Gasteiger charge is -2.23. The van der Waals surface area contributed by atoms with Crippen LogP contribution in [0.4, 0.5) is 21.0 Å². The minimum absolute atomic E-state index is 0.165. The third-order valence-corrected chi connectivity index (χ3v) is 4.69. The molecule has 0 spiro atoms. The van der Waals surface area contributed by atoms with Crippen LogP contribution in [0.25, 0.3) is 0 Å². The van der Waals surface area contributed by atoms with Gasteiger partial charge in [0.1, 0.15) is 18.1 Å². The Bertz CT molecular complexity index is 1020.